The van der Waals surface area contributed by atoms with Gasteiger partial charge in [0.15, 0.2) is 0 Å². The number of anilines is 1. The summed E-state index contributed by atoms with van der Waals surface area (Å²) in [6, 6.07) is 19.7. The van der Waals surface area contributed by atoms with Crippen LogP contribution in [0.5, 0.6) is 5.75 Å². The monoisotopic (exact) mass is 586 g/mol. The first kappa shape index (κ1) is 29.7. The Morgan fingerprint density at radius 3 is 2.20 bits per heavy atom. The molecule has 0 saturated carbocycles. The van der Waals surface area contributed by atoms with Crippen molar-refractivity contribution >= 4 is 31.6 Å². The van der Waals surface area contributed by atoms with Gasteiger partial charge < -0.3 is 15.0 Å². The van der Waals surface area contributed by atoms with Crippen LogP contribution in [0.25, 0.3) is 0 Å². The molecule has 4 rings (SSSR count). The maximum atomic E-state index is 13.8. The molecule has 1 aliphatic heterocycles. The van der Waals surface area contributed by atoms with E-state index in [4.69, 9.17) is 4.74 Å². The fraction of sp³-hybridized carbons (Fsp3) is 0.321. The summed E-state index contributed by atoms with van der Waals surface area (Å²) in [5.74, 6) is -0.387. The van der Waals surface area contributed by atoms with Crippen LogP contribution in [-0.2, 0) is 31.4 Å². The Morgan fingerprint density at radius 2 is 1.57 bits per heavy atom. The third-order valence-electron chi connectivity index (χ3n) is 6.70. The lowest BCUT2D eigenvalue weighted by Crippen LogP contribution is -2.46. The molecule has 0 spiro atoms. The SMILES string of the molecule is COc1ccc(C)cc1S(=O)(=O)N(CC(=O)Nc1ccc(S(=O)(=O)N2CCN(C)CC2)cc1)Cc1ccccc1. The zero-order valence-electron chi connectivity index (χ0n) is 22.8. The van der Waals surface area contributed by atoms with Crippen molar-refractivity contribution in [1.82, 2.24) is 13.5 Å². The molecule has 1 N–H and O–H groups in total. The van der Waals surface area contributed by atoms with E-state index in [9.17, 15) is 21.6 Å². The highest BCUT2D eigenvalue weighted by molar-refractivity contribution is 7.89. The number of aryl methyl sites for hydroxylation is 1. The lowest BCUT2D eigenvalue weighted by Gasteiger charge is -2.31. The molecule has 1 amide bonds. The zero-order chi connectivity index (χ0) is 28.9. The number of nitrogens with zero attached hydrogens (tertiary/aromatic N) is 3. The summed E-state index contributed by atoms with van der Waals surface area (Å²) >= 11 is 0. The number of benzene rings is 3. The molecule has 0 radical (unpaired) electrons. The fourth-order valence-corrected chi connectivity index (χ4v) is 7.43. The van der Waals surface area contributed by atoms with Crippen molar-refractivity contribution in [2.24, 2.45) is 0 Å². The van der Waals surface area contributed by atoms with E-state index in [1.807, 2.05) is 13.1 Å². The Balaban J connectivity index is 1.53. The van der Waals surface area contributed by atoms with Gasteiger partial charge in [-0.15, -0.1) is 0 Å². The van der Waals surface area contributed by atoms with Gasteiger partial charge >= 0.3 is 0 Å². The molecule has 1 heterocycles. The average Bonchev–Trinajstić information content (AvgIpc) is 2.94. The maximum absolute atomic E-state index is 13.8. The van der Waals surface area contributed by atoms with Crippen LogP contribution in [0, 0.1) is 6.92 Å². The third kappa shape index (κ3) is 6.88. The Kier molecular flexibility index (Phi) is 9.26. The number of hydrogen-bond donors (Lipinski definition) is 1. The summed E-state index contributed by atoms with van der Waals surface area (Å²) in [6.07, 6.45) is 0. The molecule has 0 aromatic heterocycles. The molecule has 1 aliphatic rings. The number of rotatable bonds is 10. The van der Waals surface area contributed by atoms with Crippen LogP contribution < -0.4 is 10.1 Å². The van der Waals surface area contributed by atoms with E-state index in [0.29, 0.717) is 37.4 Å². The average molecular weight is 587 g/mol. The van der Waals surface area contributed by atoms with E-state index < -0.39 is 32.5 Å². The second-order valence-electron chi connectivity index (χ2n) is 9.69. The summed E-state index contributed by atoms with van der Waals surface area (Å²) in [5.41, 5.74) is 1.80. The summed E-state index contributed by atoms with van der Waals surface area (Å²) < 4.78 is 61.4. The Bertz CT molecular complexity index is 1540. The second kappa shape index (κ2) is 12.5. The van der Waals surface area contributed by atoms with Gasteiger partial charge in [-0.2, -0.15) is 8.61 Å². The second-order valence-corrected chi connectivity index (χ2v) is 13.5. The first-order valence-corrected chi connectivity index (χ1v) is 15.7. The molecule has 40 heavy (non-hydrogen) atoms. The number of carbonyl (C=O) groups is 1. The normalized spacial score (nSPS) is 15.2. The van der Waals surface area contributed by atoms with Gasteiger partial charge in [-0.1, -0.05) is 36.4 Å². The topological polar surface area (TPSA) is 116 Å². The first-order chi connectivity index (χ1) is 19.0. The summed E-state index contributed by atoms with van der Waals surface area (Å²) in [5, 5.41) is 2.69. The highest BCUT2D eigenvalue weighted by Gasteiger charge is 2.30. The lowest BCUT2D eigenvalue weighted by molar-refractivity contribution is -0.116. The minimum Gasteiger partial charge on any atom is -0.495 e. The molecular formula is C28H34N4O6S2. The number of nitrogens with one attached hydrogen (secondary N) is 1. The summed E-state index contributed by atoms with van der Waals surface area (Å²) in [4.78, 5) is 15.3. The largest absolute Gasteiger partial charge is 0.495 e. The molecule has 3 aromatic rings. The Hall–Kier alpha value is -3.29. The lowest BCUT2D eigenvalue weighted by atomic mass is 10.2. The minimum absolute atomic E-state index is 0.0304. The molecule has 10 nitrogen and oxygen atoms in total. The van der Waals surface area contributed by atoms with Gasteiger partial charge in [0.2, 0.25) is 26.0 Å². The zero-order valence-corrected chi connectivity index (χ0v) is 24.4. The predicted octanol–water partition coefficient (Wildman–Crippen LogP) is 2.77. The van der Waals surface area contributed by atoms with Crippen LogP contribution in [0.3, 0.4) is 0 Å². The van der Waals surface area contributed by atoms with E-state index in [-0.39, 0.29) is 22.1 Å². The summed E-state index contributed by atoms with van der Waals surface area (Å²) in [7, 11) is -4.44. The van der Waals surface area contributed by atoms with E-state index in [2.05, 4.69) is 10.2 Å². The molecule has 0 unspecified atom stereocenters. The number of methoxy groups -OCH3 is 1. The number of ether oxygens (including phenoxy) is 1. The Morgan fingerprint density at radius 1 is 0.925 bits per heavy atom. The van der Waals surface area contributed by atoms with Gasteiger partial charge in [-0.25, -0.2) is 16.8 Å². The highest BCUT2D eigenvalue weighted by atomic mass is 32.2. The third-order valence-corrected chi connectivity index (χ3v) is 10.4. The molecule has 12 heteroatoms. The van der Waals surface area contributed by atoms with Crippen molar-refractivity contribution in [3.8, 4) is 5.75 Å². The quantitative estimate of drug-likeness (QED) is 0.388. The number of sulfonamides is 2. The first-order valence-electron chi connectivity index (χ1n) is 12.8. The molecule has 3 aromatic carbocycles. The van der Waals surface area contributed by atoms with Gasteiger partial charge in [0, 0.05) is 38.4 Å². The van der Waals surface area contributed by atoms with Crippen molar-refractivity contribution in [2.75, 3.05) is 52.2 Å². The number of piperazine rings is 1. The van der Waals surface area contributed by atoms with Crippen LogP contribution in [0.4, 0.5) is 5.69 Å². The molecule has 0 aliphatic carbocycles. The molecule has 1 saturated heterocycles. The fourth-order valence-electron chi connectivity index (χ4n) is 4.39. The standard InChI is InChI=1S/C28H34N4O6S2/c1-22-9-14-26(38-3)27(19-22)40(36,37)32(20-23-7-5-4-6-8-23)21-28(33)29-24-10-12-25(13-11-24)39(34,35)31-17-15-30(2)16-18-31/h4-14,19H,15-18,20-21H2,1-3H3,(H,29,33). The van der Waals surface area contributed by atoms with Gasteiger partial charge in [0.05, 0.1) is 18.6 Å². The minimum atomic E-state index is -4.14. The van der Waals surface area contributed by atoms with Crippen molar-refractivity contribution in [3.63, 3.8) is 0 Å². The van der Waals surface area contributed by atoms with Gasteiger partial charge in [0.1, 0.15) is 10.6 Å². The van der Waals surface area contributed by atoms with Crippen LogP contribution in [0.1, 0.15) is 11.1 Å². The van der Waals surface area contributed by atoms with Crippen LogP contribution in [0.15, 0.2) is 82.6 Å². The number of amides is 1. The van der Waals surface area contributed by atoms with Gasteiger partial charge in [-0.05, 0) is 61.5 Å². The number of hydrogen-bond acceptors (Lipinski definition) is 7. The molecule has 1 fully saturated rings. The van der Waals surface area contributed by atoms with Crippen molar-refractivity contribution in [1.29, 1.82) is 0 Å². The van der Waals surface area contributed by atoms with Crippen molar-refractivity contribution in [2.45, 2.75) is 23.3 Å². The van der Waals surface area contributed by atoms with Crippen LogP contribution in [-0.4, -0.2) is 83.1 Å². The van der Waals surface area contributed by atoms with E-state index in [1.54, 1.807) is 43.3 Å². The number of likely N-dealkylation sites (N-methyl/N-ethyl adjacent to an activating group) is 1. The van der Waals surface area contributed by atoms with Gasteiger partial charge in [-0.3, -0.25) is 4.79 Å². The maximum Gasteiger partial charge on any atom is 0.247 e. The molecule has 214 valence electrons. The summed E-state index contributed by atoms with van der Waals surface area (Å²) in [6.45, 7) is 3.42. The van der Waals surface area contributed by atoms with Gasteiger partial charge in [0.25, 0.3) is 0 Å². The Labute approximate surface area is 236 Å². The van der Waals surface area contributed by atoms with Crippen molar-refractivity contribution < 1.29 is 26.4 Å². The molecule has 0 bridgehead atoms. The van der Waals surface area contributed by atoms with Crippen LogP contribution in [0.2, 0.25) is 0 Å². The molecular weight excluding hydrogens is 552 g/mol. The molecule has 0 atom stereocenters. The predicted molar refractivity (Wildman–Crippen MR) is 153 cm³/mol. The van der Waals surface area contributed by atoms with Crippen LogP contribution >= 0.6 is 0 Å². The highest BCUT2D eigenvalue weighted by Crippen LogP contribution is 2.29. The van der Waals surface area contributed by atoms with E-state index in [0.717, 1.165) is 9.87 Å². The smallest absolute Gasteiger partial charge is 0.247 e. The van der Waals surface area contributed by atoms with E-state index >= 15 is 0 Å². The number of carbonyl (C=O) groups excluding carboxylic acids is 1. The van der Waals surface area contributed by atoms with Crippen molar-refractivity contribution in [3.05, 3.63) is 83.9 Å². The van der Waals surface area contributed by atoms with E-state index in [1.165, 1.54) is 41.7 Å².